The minimum Gasteiger partial charge on any atom is -0.373 e. The van der Waals surface area contributed by atoms with Crippen molar-refractivity contribution >= 4 is 11.9 Å². The Hall–Kier alpha value is -2.08. The summed E-state index contributed by atoms with van der Waals surface area (Å²) in [7, 11) is 0. The molecule has 0 bridgehead atoms. The van der Waals surface area contributed by atoms with E-state index >= 15 is 0 Å². The highest BCUT2D eigenvalue weighted by atomic mass is 16.5. The van der Waals surface area contributed by atoms with Crippen molar-refractivity contribution in [3.63, 3.8) is 0 Å². The number of ether oxygens (including phenoxy) is 1. The summed E-state index contributed by atoms with van der Waals surface area (Å²) in [6.45, 7) is 9.27. The molecule has 28 heavy (non-hydrogen) atoms. The maximum absolute atomic E-state index is 11.5. The number of hydrogen-bond acceptors (Lipinski definition) is 3. The zero-order valence-corrected chi connectivity index (χ0v) is 17.3. The molecule has 1 fully saturated rings. The third-order valence-electron chi connectivity index (χ3n) is 5.56. The molecule has 1 amide bonds. The van der Waals surface area contributed by atoms with Crippen molar-refractivity contribution in [2.75, 3.05) is 45.9 Å². The number of rotatable bonds is 6. The fraction of sp³-hybridized carbons (Fsp3) is 0.636. The third-order valence-corrected chi connectivity index (χ3v) is 5.56. The van der Waals surface area contributed by atoms with Gasteiger partial charge in [0.2, 0.25) is 5.91 Å². The SMILES string of the molecule is CCNC(=NCCCOC1CCCc2ccccc21)N1CCN(C(C)=O)CC1. The van der Waals surface area contributed by atoms with Crippen LogP contribution >= 0.6 is 0 Å². The predicted molar refractivity (Wildman–Crippen MR) is 112 cm³/mol. The summed E-state index contributed by atoms with van der Waals surface area (Å²) in [5, 5.41) is 3.38. The highest BCUT2D eigenvalue weighted by Crippen LogP contribution is 2.32. The summed E-state index contributed by atoms with van der Waals surface area (Å²) in [6, 6.07) is 8.67. The van der Waals surface area contributed by atoms with Crippen LogP contribution in [0, 0.1) is 0 Å². The van der Waals surface area contributed by atoms with Gasteiger partial charge in [-0.1, -0.05) is 24.3 Å². The van der Waals surface area contributed by atoms with E-state index in [0.29, 0.717) is 0 Å². The number of amides is 1. The number of benzene rings is 1. The number of carbonyl (C=O) groups is 1. The predicted octanol–water partition coefficient (Wildman–Crippen LogP) is 2.60. The lowest BCUT2D eigenvalue weighted by Gasteiger charge is -2.36. The van der Waals surface area contributed by atoms with Crippen LogP contribution in [-0.4, -0.2) is 67.5 Å². The second-order valence-electron chi connectivity index (χ2n) is 7.53. The van der Waals surface area contributed by atoms with Crippen molar-refractivity contribution in [1.29, 1.82) is 0 Å². The average molecular weight is 387 g/mol. The van der Waals surface area contributed by atoms with Gasteiger partial charge in [-0.05, 0) is 43.7 Å². The van der Waals surface area contributed by atoms with E-state index in [1.807, 2.05) is 4.90 Å². The lowest BCUT2D eigenvalue weighted by Crippen LogP contribution is -2.53. The molecule has 1 aromatic carbocycles. The first kappa shape index (κ1) is 20.6. The van der Waals surface area contributed by atoms with Crippen LogP contribution in [0.1, 0.15) is 50.3 Å². The fourth-order valence-electron chi connectivity index (χ4n) is 4.02. The number of nitrogens with one attached hydrogen (secondary N) is 1. The summed E-state index contributed by atoms with van der Waals surface area (Å²) in [6.07, 6.45) is 4.64. The summed E-state index contributed by atoms with van der Waals surface area (Å²) in [5.74, 6) is 1.11. The second-order valence-corrected chi connectivity index (χ2v) is 7.53. The molecular weight excluding hydrogens is 352 g/mol. The summed E-state index contributed by atoms with van der Waals surface area (Å²) in [5.41, 5.74) is 2.81. The van der Waals surface area contributed by atoms with Crippen LogP contribution in [0.3, 0.4) is 0 Å². The molecule has 1 saturated heterocycles. The van der Waals surface area contributed by atoms with Crippen molar-refractivity contribution in [3.05, 3.63) is 35.4 Å². The molecule has 1 atom stereocenters. The zero-order chi connectivity index (χ0) is 19.8. The largest absolute Gasteiger partial charge is 0.373 e. The molecule has 0 radical (unpaired) electrons. The number of nitrogens with zero attached hydrogens (tertiary/aromatic N) is 3. The van der Waals surface area contributed by atoms with Crippen molar-refractivity contribution in [3.8, 4) is 0 Å². The molecule has 1 aliphatic heterocycles. The molecule has 1 N–H and O–H groups in total. The van der Waals surface area contributed by atoms with Gasteiger partial charge in [-0.25, -0.2) is 0 Å². The Labute approximate surface area is 168 Å². The van der Waals surface area contributed by atoms with Crippen LogP contribution in [-0.2, 0) is 16.0 Å². The van der Waals surface area contributed by atoms with E-state index in [0.717, 1.165) is 64.7 Å². The highest BCUT2D eigenvalue weighted by Gasteiger charge is 2.21. The van der Waals surface area contributed by atoms with E-state index in [4.69, 9.17) is 9.73 Å². The smallest absolute Gasteiger partial charge is 0.219 e. The lowest BCUT2D eigenvalue weighted by atomic mass is 9.89. The topological polar surface area (TPSA) is 57.2 Å². The molecule has 3 rings (SSSR count). The Kier molecular flexibility index (Phi) is 7.71. The van der Waals surface area contributed by atoms with Crippen LogP contribution in [0.2, 0.25) is 0 Å². The minimum atomic E-state index is 0.156. The summed E-state index contributed by atoms with van der Waals surface area (Å²) in [4.78, 5) is 20.4. The monoisotopic (exact) mass is 386 g/mol. The Morgan fingerprint density at radius 3 is 2.71 bits per heavy atom. The number of carbonyl (C=O) groups excluding carboxylic acids is 1. The maximum atomic E-state index is 11.5. The molecule has 6 nitrogen and oxygen atoms in total. The van der Waals surface area contributed by atoms with Gasteiger partial charge in [-0.3, -0.25) is 9.79 Å². The molecule has 6 heteroatoms. The van der Waals surface area contributed by atoms with E-state index in [9.17, 15) is 4.79 Å². The van der Waals surface area contributed by atoms with E-state index < -0.39 is 0 Å². The normalized spacial score (nSPS) is 20.1. The Morgan fingerprint density at radius 2 is 1.96 bits per heavy atom. The summed E-state index contributed by atoms with van der Waals surface area (Å²) < 4.78 is 6.19. The van der Waals surface area contributed by atoms with Crippen LogP contribution in [0.15, 0.2) is 29.3 Å². The quantitative estimate of drug-likeness (QED) is 0.464. The van der Waals surface area contributed by atoms with Crippen molar-refractivity contribution < 1.29 is 9.53 Å². The zero-order valence-electron chi connectivity index (χ0n) is 17.3. The first-order valence-electron chi connectivity index (χ1n) is 10.7. The Bertz CT molecular complexity index is 668. The van der Waals surface area contributed by atoms with Gasteiger partial charge in [0.25, 0.3) is 0 Å². The average Bonchev–Trinajstić information content (AvgIpc) is 2.73. The van der Waals surface area contributed by atoms with E-state index in [2.05, 4.69) is 41.4 Å². The van der Waals surface area contributed by atoms with Crippen molar-refractivity contribution in [2.45, 2.75) is 45.6 Å². The van der Waals surface area contributed by atoms with Gasteiger partial charge < -0.3 is 19.9 Å². The first-order valence-corrected chi connectivity index (χ1v) is 10.7. The number of aryl methyl sites for hydroxylation is 1. The van der Waals surface area contributed by atoms with E-state index in [1.54, 1.807) is 6.92 Å². The fourth-order valence-corrected chi connectivity index (χ4v) is 4.02. The summed E-state index contributed by atoms with van der Waals surface area (Å²) >= 11 is 0. The Balaban J connectivity index is 1.44. The van der Waals surface area contributed by atoms with Gasteiger partial charge in [0.15, 0.2) is 5.96 Å². The molecule has 1 heterocycles. The number of fused-ring (bicyclic) bond motifs is 1. The van der Waals surface area contributed by atoms with Crippen LogP contribution in [0.25, 0.3) is 0 Å². The molecule has 1 aliphatic carbocycles. The third kappa shape index (κ3) is 5.47. The van der Waals surface area contributed by atoms with Gasteiger partial charge in [0.1, 0.15) is 0 Å². The first-order chi connectivity index (χ1) is 13.7. The van der Waals surface area contributed by atoms with Crippen LogP contribution in [0.5, 0.6) is 0 Å². The molecule has 154 valence electrons. The van der Waals surface area contributed by atoms with Gasteiger partial charge in [0.05, 0.1) is 6.10 Å². The maximum Gasteiger partial charge on any atom is 0.219 e. The van der Waals surface area contributed by atoms with Gasteiger partial charge >= 0.3 is 0 Å². The number of guanidine groups is 1. The van der Waals surface area contributed by atoms with Crippen molar-refractivity contribution in [2.24, 2.45) is 4.99 Å². The number of piperazine rings is 1. The molecule has 0 spiro atoms. The van der Waals surface area contributed by atoms with Gasteiger partial charge in [-0.15, -0.1) is 0 Å². The Morgan fingerprint density at radius 1 is 1.21 bits per heavy atom. The molecule has 0 aromatic heterocycles. The van der Waals surface area contributed by atoms with Crippen molar-refractivity contribution in [1.82, 2.24) is 15.1 Å². The van der Waals surface area contributed by atoms with Crippen LogP contribution in [0.4, 0.5) is 0 Å². The highest BCUT2D eigenvalue weighted by molar-refractivity contribution is 5.80. The molecular formula is C22H34N4O2. The molecule has 1 aromatic rings. The van der Waals surface area contributed by atoms with Gasteiger partial charge in [-0.2, -0.15) is 0 Å². The van der Waals surface area contributed by atoms with E-state index in [-0.39, 0.29) is 12.0 Å². The lowest BCUT2D eigenvalue weighted by molar-refractivity contribution is -0.130. The van der Waals surface area contributed by atoms with Gasteiger partial charge in [0, 0.05) is 52.8 Å². The number of hydrogen-bond donors (Lipinski definition) is 1. The van der Waals surface area contributed by atoms with E-state index in [1.165, 1.54) is 24.0 Å². The minimum absolute atomic E-state index is 0.156. The number of aliphatic imine (C=N–C) groups is 1. The molecule has 0 saturated carbocycles. The van der Waals surface area contributed by atoms with Crippen LogP contribution < -0.4 is 5.32 Å². The molecule has 2 aliphatic rings. The standard InChI is InChI=1S/C22H34N4O2/c1-3-23-22(26-15-13-25(14-16-26)18(2)27)24-12-7-17-28-21-11-6-9-19-8-4-5-10-20(19)21/h4-5,8,10,21H,3,6-7,9,11-17H2,1-2H3,(H,23,24). The second kappa shape index (κ2) is 10.5. The molecule has 1 unspecified atom stereocenters.